The molecule has 8 heteroatoms. The summed E-state index contributed by atoms with van der Waals surface area (Å²) >= 11 is 0. The maximum Gasteiger partial charge on any atom is 0.272 e. The molecular formula is C26H34N4O4. The summed E-state index contributed by atoms with van der Waals surface area (Å²) in [5, 5.41) is 14.7. The van der Waals surface area contributed by atoms with Gasteiger partial charge in [0.15, 0.2) is 0 Å². The van der Waals surface area contributed by atoms with Crippen LogP contribution in [-0.2, 0) is 9.53 Å². The van der Waals surface area contributed by atoms with Crippen molar-refractivity contribution in [3.05, 3.63) is 63.7 Å². The van der Waals surface area contributed by atoms with Crippen LogP contribution in [0.15, 0.2) is 42.5 Å². The second kappa shape index (κ2) is 10.9. The monoisotopic (exact) mass is 466 g/mol. The van der Waals surface area contributed by atoms with E-state index in [0.29, 0.717) is 11.6 Å². The first kappa shape index (κ1) is 24.0. The fraction of sp³-hybridized carbons (Fsp3) is 0.500. The van der Waals surface area contributed by atoms with Gasteiger partial charge >= 0.3 is 0 Å². The molecular weight excluding hydrogens is 432 g/mol. The van der Waals surface area contributed by atoms with Gasteiger partial charge in [-0.15, -0.1) is 0 Å². The Balaban J connectivity index is 1.18. The van der Waals surface area contributed by atoms with Gasteiger partial charge in [0.25, 0.3) is 5.69 Å². The van der Waals surface area contributed by atoms with Gasteiger partial charge in [0, 0.05) is 55.2 Å². The molecule has 182 valence electrons. The third-order valence-corrected chi connectivity index (χ3v) is 6.97. The predicted octanol–water partition coefficient (Wildman–Crippen LogP) is 4.30. The van der Waals surface area contributed by atoms with Crippen molar-refractivity contribution in [3.63, 3.8) is 0 Å². The Bertz CT molecular complexity index is 997. The maximum absolute atomic E-state index is 12.7. The largest absolute Gasteiger partial charge is 0.382 e. The summed E-state index contributed by atoms with van der Waals surface area (Å²) in [6, 6.07) is 14.1. The SMILES string of the molecule is Cc1cc([N+](=O)[O-])c(C)cc1NC1CCC(OCC(=O)N2CCN(c3ccccc3)CC2)CC1. The molecule has 8 nitrogen and oxygen atoms in total. The van der Waals surface area contributed by atoms with Crippen LogP contribution in [0.5, 0.6) is 0 Å². The van der Waals surface area contributed by atoms with Crippen LogP contribution in [0.3, 0.4) is 0 Å². The van der Waals surface area contributed by atoms with E-state index in [9.17, 15) is 14.9 Å². The Kier molecular flexibility index (Phi) is 7.67. The highest BCUT2D eigenvalue weighted by molar-refractivity contribution is 5.77. The molecule has 1 N–H and O–H groups in total. The second-order valence-corrected chi connectivity index (χ2v) is 9.34. The number of amides is 1. The van der Waals surface area contributed by atoms with Crippen LogP contribution in [-0.4, -0.2) is 60.7 Å². The van der Waals surface area contributed by atoms with Crippen molar-refractivity contribution in [2.75, 3.05) is 43.0 Å². The molecule has 2 aromatic rings. The third-order valence-electron chi connectivity index (χ3n) is 6.97. The van der Waals surface area contributed by atoms with E-state index in [1.807, 2.05) is 36.1 Å². The van der Waals surface area contributed by atoms with Gasteiger partial charge in [0.2, 0.25) is 5.91 Å². The van der Waals surface area contributed by atoms with Crippen molar-refractivity contribution < 1.29 is 14.5 Å². The van der Waals surface area contributed by atoms with E-state index in [1.54, 1.807) is 13.0 Å². The molecule has 34 heavy (non-hydrogen) atoms. The molecule has 1 aliphatic heterocycles. The molecule has 1 saturated carbocycles. The summed E-state index contributed by atoms with van der Waals surface area (Å²) in [6.07, 6.45) is 3.80. The molecule has 1 aliphatic carbocycles. The van der Waals surface area contributed by atoms with Crippen molar-refractivity contribution >= 4 is 23.0 Å². The molecule has 4 rings (SSSR count). The fourth-order valence-corrected chi connectivity index (χ4v) is 4.88. The normalized spacial score (nSPS) is 20.8. The number of para-hydroxylation sites is 1. The standard InChI is InChI=1S/C26H34N4O4/c1-19-17-25(30(32)33)20(2)16-24(19)27-21-8-10-23(11-9-21)34-18-26(31)29-14-12-28(13-15-29)22-6-4-3-5-7-22/h3-7,16-17,21,23,27H,8-15,18H2,1-2H3. The number of hydrogen-bond acceptors (Lipinski definition) is 6. The zero-order chi connectivity index (χ0) is 24.1. The van der Waals surface area contributed by atoms with Crippen LogP contribution < -0.4 is 10.2 Å². The summed E-state index contributed by atoms with van der Waals surface area (Å²) in [4.78, 5) is 27.7. The molecule has 1 amide bonds. The molecule has 2 aromatic carbocycles. The zero-order valence-corrected chi connectivity index (χ0v) is 20.0. The zero-order valence-electron chi connectivity index (χ0n) is 20.0. The van der Waals surface area contributed by atoms with Crippen LogP contribution in [0.25, 0.3) is 0 Å². The number of nitrogens with zero attached hydrogens (tertiary/aromatic N) is 3. The van der Waals surface area contributed by atoms with Crippen molar-refractivity contribution in [3.8, 4) is 0 Å². The number of hydrogen-bond donors (Lipinski definition) is 1. The van der Waals surface area contributed by atoms with E-state index in [1.165, 1.54) is 5.69 Å². The van der Waals surface area contributed by atoms with Gasteiger partial charge in [-0.3, -0.25) is 14.9 Å². The lowest BCUT2D eigenvalue weighted by atomic mass is 9.92. The molecule has 0 aromatic heterocycles. The first-order chi connectivity index (χ1) is 16.4. The smallest absolute Gasteiger partial charge is 0.272 e. The highest BCUT2D eigenvalue weighted by Gasteiger charge is 2.26. The third kappa shape index (κ3) is 5.86. The van der Waals surface area contributed by atoms with Crippen molar-refractivity contribution in [2.24, 2.45) is 0 Å². The van der Waals surface area contributed by atoms with Gasteiger partial charge in [0.05, 0.1) is 11.0 Å². The number of aryl methyl sites for hydroxylation is 2. The Labute approximate surface area is 201 Å². The molecule has 1 saturated heterocycles. The molecule has 0 spiro atoms. The topological polar surface area (TPSA) is 87.9 Å². The van der Waals surface area contributed by atoms with E-state index < -0.39 is 0 Å². The molecule has 2 aliphatic rings. The number of nitrogens with one attached hydrogen (secondary N) is 1. The van der Waals surface area contributed by atoms with E-state index in [2.05, 4.69) is 22.3 Å². The Hall–Kier alpha value is -3.13. The molecule has 0 atom stereocenters. The number of carbonyl (C=O) groups is 1. The Morgan fingerprint density at radius 3 is 2.35 bits per heavy atom. The summed E-state index contributed by atoms with van der Waals surface area (Å²) in [6.45, 7) is 6.95. The number of piperazine rings is 1. The first-order valence-electron chi connectivity index (χ1n) is 12.1. The number of benzene rings is 2. The molecule has 0 unspecified atom stereocenters. The second-order valence-electron chi connectivity index (χ2n) is 9.34. The minimum Gasteiger partial charge on any atom is -0.382 e. The van der Waals surface area contributed by atoms with E-state index in [0.717, 1.165) is 63.1 Å². The molecule has 2 fully saturated rings. The number of carbonyl (C=O) groups excluding carboxylic acids is 1. The highest BCUT2D eigenvalue weighted by Crippen LogP contribution is 2.29. The lowest BCUT2D eigenvalue weighted by Crippen LogP contribution is -2.50. The lowest BCUT2D eigenvalue weighted by Gasteiger charge is -2.36. The van der Waals surface area contributed by atoms with Crippen LogP contribution >= 0.6 is 0 Å². The van der Waals surface area contributed by atoms with E-state index in [4.69, 9.17) is 4.74 Å². The fourth-order valence-electron chi connectivity index (χ4n) is 4.88. The number of rotatable bonds is 7. The van der Waals surface area contributed by atoms with E-state index >= 15 is 0 Å². The highest BCUT2D eigenvalue weighted by atomic mass is 16.6. The number of nitro benzene ring substituents is 1. The van der Waals surface area contributed by atoms with Gasteiger partial charge in [-0.25, -0.2) is 0 Å². The summed E-state index contributed by atoms with van der Waals surface area (Å²) in [5.41, 5.74) is 3.87. The summed E-state index contributed by atoms with van der Waals surface area (Å²) in [7, 11) is 0. The average molecular weight is 467 g/mol. The number of anilines is 2. The Morgan fingerprint density at radius 2 is 1.71 bits per heavy atom. The van der Waals surface area contributed by atoms with Crippen molar-refractivity contribution in [1.29, 1.82) is 0 Å². The maximum atomic E-state index is 12.7. The molecule has 0 radical (unpaired) electrons. The Morgan fingerprint density at radius 1 is 1.03 bits per heavy atom. The van der Waals surface area contributed by atoms with Gasteiger partial charge in [-0.05, 0) is 63.3 Å². The minimum atomic E-state index is -0.334. The van der Waals surface area contributed by atoms with Crippen molar-refractivity contribution in [2.45, 2.75) is 51.7 Å². The summed E-state index contributed by atoms with van der Waals surface area (Å²) in [5.74, 6) is 0.0740. The van der Waals surface area contributed by atoms with E-state index in [-0.39, 0.29) is 29.2 Å². The molecule has 0 bridgehead atoms. The van der Waals surface area contributed by atoms with Gasteiger partial charge in [0.1, 0.15) is 6.61 Å². The van der Waals surface area contributed by atoms with Crippen LogP contribution in [0.4, 0.5) is 17.1 Å². The van der Waals surface area contributed by atoms with Gasteiger partial charge in [-0.1, -0.05) is 18.2 Å². The quantitative estimate of drug-likeness (QED) is 0.484. The van der Waals surface area contributed by atoms with Crippen LogP contribution in [0.1, 0.15) is 36.8 Å². The molecule has 1 heterocycles. The van der Waals surface area contributed by atoms with Crippen LogP contribution in [0, 0.1) is 24.0 Å². The minimum absolute atomic E-state index is 0.0740. The first-order valence-corrected chi connectivity index (χ1v) is 12.1. The lowest BCUT2D eigenvalue weighted by molar-refractivity contribution is -0.385. The van der Waals surface area contributed by atoms with Crippen LogP contribution in [0.2, 0.25) is 0 Å². The van der Waals surface area contributed by atoms with Gasteiger partial charge in [-0.2, -0.15) is 0 Å². The average Bonchev–Trinajstić information content (AvgIpc) is 2.86. The number of ether oxygens (including phenoxy) is 1. The predicted molar refractivity (Wildman–Crippen MR) is 133 cm³/mol. The van der Waals surface area contributed by atoms with Gasteiger partial charge < -0.3 is 19.9 Å². The summed E-state index contributed by atoms with van der Waals surface area (Å²) < 4.78 is 5.99. The number of nitro groups is 1. The van der Waals surface area contributed by atoms with Crippen molar-refractivity contribution in [1.82, 2.24) is 4.90 Å².